The Bertz CT molecular complexity index is 726. The summed E-state index contributed by atoms with van der Waals surface area (Å²) in [6.07, 6.45) is 0. The molecule has 0 saturated carbocycles. The number of hydrogen-bond donors (Lipinski definition) is 2. The topological polar surface area (TPSA) is 68.8 Å². The van der Waals surface area contributed by atoms with Gasteiger partial charge < -0.3 is 24.8 Å². The summed E-state index contributed by atoms with van der Waals surface area (Å²) in [6.45, 7) is -3.08. The number of carbonyl (C=O) groups excluding carboxylic acids is 1. The second-order valence-corrected chi connectivity index (χ2v) is 4.84. The lowest BCUT2D eigenvalue weighted by Gasteiger charge is -2.14. The molecule has 0 atom stereocenters. The lowest BCUT2D eigenvalue weighted by atomic mass is 10.2. The number of rotatable bonds is 8. The molecule has 0 bridgehead atoms. The summed E-state index contributed by atoms with van der Waals surface area (Å²) >= 11 is 0. The van der Waals surface area contributed by atoms with Gasteiger partial charge in [-0.15, -0.1) is 0 Å². The summed E-state index contributed by atoms with van der Waals surface area (Å²) in [5, 5.41) is 5.44. The Labute approximate surface area is 143 Å². The lowest BCUT2D eigenvalue weighted by Crippen LogP contribution is -2.22. The Morgan fingerprint density at radius 3 is 2.48 bits per heavy atom. The molecule has 8 heteroatoms. The fourth-order valence-corrected chi connectivity index (χ4v) is 2.08. The fourth-order valence-electron chi connectivity index (χ4n) is 2.08. The zero-order chi connectivity index (χ0) is 18.2. The number of para-hydroxylation sites is 2. The molecule has 2 aromatic carbocycles. The van der Waals surface area contributed by atoms with Gasteiger partial charge in [-0.2, -0.15) is 8.78 Å². The van der Waals surface area contributed by atoms with E-state index in [4.69, 9.17) is 9.47 Å². The van der Waals surface area contributed by atoms with Gasteiger partial charge in [-0.1, -0.05) is 12.1 Å². The monoisotopic (exact) mass is 352 g/mol. The largest absolute Gasteiger partial charge is 0.497 e. The number of amides is 1. The van der Waals surface area contributed by atoms with Crippen LogP contribution >= 0.6 is 0 Å². The van der Waals surface area contributed by atoms with Crippen LogP contribution in [0.25, 0.3) is 0 Å². The molecule has 134 valence electrons. The number of nitrogens with one attached hydrogen (secondary N) is 2. The van der Waals surface area contributed by atoms with E-state index in [9.17, 15) is 13.6 Å². The van der Waals surface area contributed by atoms with Crippen LogP contribution in [-0.2, 0) is 4.79 Å². The van der Waals surface area contributed by atoms with Crippen LogP contribution in [0.5, 0.6) is 17.2 Å². The minimum Gasteiger partial charge on any atom is -0.497 e. The molecule has 1 amide bonds. The number of carbonyl (C=O) groups is 1. The van der Waals surface area contributed by atoms with Crippen LogP contribution < -0.4 is 24.8 Å². The van der Waals surface area contributed by atoms with E-state index in [1.165, 1.54) is 20.3 Å². The van der Waals surface area contributed by atoms with E-state index in [-0.39, 0.29) is 18.2 Å². The van der Waals surface area contributed by atoms with Crippen molar-refractivity contribution in [2.24, 2.45) is 0 Å². The third kappa shape index (κ3) is 5.23. The maximum absolute atomic E-state index is 12.4. The van der Waals surface area contributed by atoms with Crippen molar-refractivity contribution in [1.82, 2.24) is 0 Å². The maximum atomic E-state index is 12.4. The molecule has 25 heavy (non-hydrogen) atoms. The van der Waals surface area contributed by atoms with Crippen LogP contribution in [0.1, 0.15) is 0 Å². The van der Waals surface area contributed by atoms with E-state index in [2.05, 4.69) is 15.4 Å². The van der Waals surface area contributed by atoms with Gasteiger partial charge in [-0.25, -0.2) is 0 Å². The number of ether oxygens (including phenoxy) is 3. The molecule has 0 saturated heterocycles. The first-order chi connectivity index (χ1) is 12.0. The molecule has 0 unspecified atom stereocenters. The van der Waals surface area contributed by atoms with E-state index in [0.717, 1.165) is 0 Å². The van der Waals surface area contributed by atoms with Crippen LogP contribution in [-0.4, -0.2) is 33.3 Å². The molecule has 0 aromatic heterocycles. The van der Waals surface area contributed by atoms with Crippen molar-refractivity contribution in [3.8, 4) is 17.2 Å². The minimum absolute atomic E-state index is 0.0349. The number of halogens is 2. The van der Waals surface area contributed by atoms with Crippen LogP contribution in [0.2, 0.25) is 0 Å². The van der Waals surface area contributed by atoms with E-state index in [0.29, 0.717) is 22.9 Å². The van der Waals surface area contributed by atoms with Crippen molar-refractivity contribution in [3.05, 3.63) is 42.5 Å². The summed E-state index contributed by atoms with van der Waals surface area (Å²) < 4.78 is 39.4. The number of benzene rings is 2. The first-order valence-electron chi connectivity index (χ1n) is 7.33. The van der Waals surface area contributed by atoms with E-state index < -0.39 is 6.61 Å². The molecular formula is C17H18F2N2O4. The van der Waals surface area contributed by atoms with E-state index >= 15 is 0 Å². The number of alkyl halides is 2. The van der Waals surface area contributed by atoms with Crippen molar-refractivity contribution in [2.75, 3.05) is 31.4 Å². The third-order valence-corrected chi connectivity index (χ3v) is 3.23. The van der Waals surface area contributed by atoms with Gasteiger partial charge in [-0.3, -0.25) is 4.79 Å². The van der Waals surface area contributed by atoms with Crippen molar-refractivity contribution in [2.45, 2.75) is 6.61 Å². The summed E-state index contributed by atoms with van der Waals surface area (Å²) in [6, 6.07) is 11.1. The van der Waals surface area contributed by atoms with Gasteiger partial charge in [-0.05, 0) is 24.3 Å². The Morgan fingerprint density at radius 2 is 1.80 bits per heavy atom. The van der Waals surface area contributed by atoms with Gasteiger partial charge in [0.05, 0.1) is 32.1 Å². The van der Waals surface area contributed by atoms with Gasteiger partial charge in [0, 0.05) is 6.07 Å². The molecule has 0 heterocycles. The van der Waals surface area contributed by atoms with Crippen molar-refractivity contribution < 1.29 is 27.8 Å². The quantitative estimate of drug-likeness (QED) is 0.762. The van der Waals surface area contributed by atoms with Crippen LogP contribution in [0.3, 0.4) is 0 Å². The lowest BCUT2D eigenvalue weighted by molar-refractivity contribution is -0.114. The molecule has 6 nitrogen and oxygen atoms in total. The highest BCUT2D eigenvalue weighted by atomic mass is 19.3. The number of anilines is 2. The summed E-state index contributed by atoms with van der Waals surface area (Å²) in [5.41, 5.74) is 0.756. The molecule has 2 N–H and O–H groups in total. The molecule has 2 rings (SSSR count). The van der Waals surface area contributed by atoms with Crippen molar-refractivity contribution >= 4 is 17.3 Å². The SMILES string of the molecule is COc1ccc(NC(=O)CNc2ccccc2OC(F)F)c(OC)c1. The molecular weight excluding hydrogens is 334 g/mol. The Hall–Kier alpha value is -3.03. The molecule has 0 aliphatic rings. The standard InChI is InChI=1S/C17H18F2N2O4/c1-23-11-7-8-13(15(9-11)24-2)21-16(22)10-20-12-5-3-4-6-14(12)25-17(18)19/h3-9,17,20H,10H2,1-2H3,(H,21,22). The summed E-state index contributed by atoms with van der Waals surface area (Å²) in [4.78, 5) is 12.1. The second-order valence-electron chi connectivity index (χ2n) is 4.84. The van der Waals surface area contributed by atoms with Crippen LogP contribution in [0.15, 0.2) is 42.5 Å². The van der Waals surface area contributed by atoms with Crippen molar-refractivity contribution in [3.63, 3.8) is 0 Å². The smallest absolute Gasteiger partial charge is 0.387 e. The number of hydrogen-bond acceptors (Lipinski definition) is 5. The van der Waals surface area contributed by atoms with Gasteiger partial charge >= 0.3 is 6.61 Å². The predicted molar refractivity (Wildman–Crippen MR) is 89.7 cm³/mol. The average molecular weight is 352 g/mol. The van der Waals surface area contributed by atoms with Crippen molar-refractivity contribution in [1.29, 1.82) is 0 Å². The molecule has 0 spiro atoms. The molecule has 0 radical (unpaired) electrons. The fraction of sp³-hybridized carbons (Fsp3) is 0.235. The van der Waals surface area contributed by atoms with Gasteiger partial charge in [0.2, 0.25) is 5.91 Å². The highest BCUT2D eigenvalue weighted by molar-refractivity contribution is 5.95. The first kappa shape index (κ1) is 18.3. The van der Waals surface area contributed by atoms with E-state index in [1.54, 1.807) is 36.4 Å². The summed E-state index contributed by atoms with van der Waals surface area (Å²) in [5.74, 6) is 0.614. The third-order valence-electron chi connectivity index (χ3n) is 3.23. The Balaban J connectivity index is 2.00. The Morgan fingerprint density at radius 1 is 1.04 bits per heavy atom. The molecule has 0 fully saturated rings. The number of methoxy groups -OCH3 is 2. The second kappa shape index (κ2) is 8.72. The van der Waals surface area contributed by atoms with Crippen LogP contribution in [0.4, 0.5) is 20.2 Å². The maximum Gasteiger partial charge on any atom is 0.387 e. The zero-order valence-corrected chi connectivity index (χ0v) is 13.7. The van der Waals surface area contributed by atoms with E-state index in [1.807, 2.05) is 0 Å². The predicted octanol–water partition coefficient (Wildman–Crippen LogP) is 3.36. The highest BCUT2D eigenvalue weighted by Gasteiger charge is 2.12. The van der Waals surface area contributed by atoms with Gasteiger partial charge in [0.25, 0.3) is 0 Å². The van der Waals surface area contributed by atoms with Gasteiger partial charge in [0.1, 0.15) is 17.2 Å². The minimum atomic E-state index is -2.94. The highest BCUT2D eigenvalue weighted by Crippen LogP contribution is 2.29. The first-order valence-corrected chi connectivity index (χ1v) is 7.33. The molecule has 2 aromatic rings. The van der Waals surface area contributed by atoms with Crippen LogP contribution in [0, 0.1) is 0 Å². The summed E-state index contributed by atoms with van der Waals surface area (Å²) in [7, 11) is 3.00. The Kier molecular flexibility index (Phi) is 6.39. The molecule has 0 aliphatic carbocycles. The average Bonchev–Trinajstić information content (AvgIpc) is 2.61. The van der Waals surface area contributed by atoms with Gasteiger partial charge in [0.15, 0.2) is 0 Å². The zero-order valence-electron chi connectivity index (χ0n) is 13.7. The molecule has 0 aliphatic heterocycles. The normalized spacial score (nSPS) is 10.3.